The molecule has 0 unspecified atom stereocenters. The number of ether oxygens (including phenoxy) is 1. The summed E-state index contributed by atoms with van der Waals surface area (Å²) in [5.41, 5.74) is 3.73. The van der Waals surface area contributed by atoms with Crippen LogP contribution in [-0.2, 0) is 21.3 Å². The summed E-state index contributed by atoms with van der Waals surface area (Å²) in [6.07, 6.45) is 3.81. The number of aryl methyl sites for hydroxylation is 1. The smallest absolute Gasteiger partial charge is 0.429 e. The number of anilines is 1. The number of amides is 2. The highest BCUT2D eigenvalue weighted by Gasteiger charge is 2.39. The maximum Gasteiger partial charge on any atom is 0.429 e. The number of nitrogens with one attached hydrogen (secondary N) is 1. The number of hydrogen-bond acceptors (Lipinski definition) is 5. The van der Waals surface area contributed by atoms with Gasteiger partial charge in [0.2, 0.25) is 10.0 Å². The van der Waals surface area contributed by atoms with Gasteiger partial charge in [-0.15, -0.1) is 0 Å². The minimum absolute atomic E-state index is 0.207. The number of carbonyl (C=O) groups is 2. The summed E-state index contributed by atoms with van der Waals surface area (Å²) >= 11 is 0. The van der Waals surface area contributed by atoms with Crippen molar-refractivity contribution in [2.75, 3.05) is 17.5 Å². The number of benzene rings is 2. The van der Waals surface area contributed by atoms with Crippen LogP contribution >= 0.6 is 0 Å². The van der Waals surface area contributed by atoms with Gasteiger partial charge in [0.15, 0.2) is 0 Å². The topological polar surface area (TPSA) is 96.0 Å². The Bertz CT molecular complexity index is 1260. The Morgan fingerprint density at radius 2 is 1.89 bits per heavy atom. The van der Waals surface area contributed by atoms with Gasteiger partial charge in [-0.1, -0.05) is 24.6 Å². The summed E-state index contributed by atoms with van der Waals surface area (Å²) in [6.45, 7) is 8.06. The number of fused-ring (bicyclic) bond motifs is 1. The fraction of sp³-hybridized carbons (Fsp3) is 0.462. The summed E-state index contributed by atoms with van der Waals surface area (Å²) in [5.74, 6) is 0.155. The van der Waals surface area contributed by atoms with Crippen LogP contribution in [0.1, 0.15) is 61.5 Å². The molecule has 188 valence electrons. The van der Waals surface area contributed by atoms with Gasteiger partial charge in [0.1, 0.15) is 5.60 Å². The van der Waals surface area contributed by atoms with E-state index >= 15 is 0 Å². The van der Waals surface area contributed by atoms with Gasteiger partial charge in [0, 0.05) is 17.8 Å². The molecule has 0 spiro atoms. The lowest BCUT2D eigenvalue weighted by Gasteiger charge is -2.37. The largest absolute Gasteiger partial charge is 0.442 e. The fourth-order valence-corrected chi connectivity index (χ4v) is 5.05. The van der Waals surface area contributed by atoms with E-state index in [0.29, 0.717) is 23.7 Å². The highest BCUT2D eigenvalue weighted by atomic mass is 32.2. The number of hydrazine groups is 1. The summed E-state index contributed by atoms with van der Waals surface area (Å²) < 4.78 is 31.4. The lowest BCUT2D eigenvalue weighted by molar-refractivity contribution is -0.0489. The normalized spacial score (nSPS) is 16.0. The van der Waals surface area contributed by atoms with Crippen molar-refractivity contribution in [1.82, 2.24) is 10.0 Å². The van der Waals surface area contributed by atoms with Crippen LogP contribution in [0.25, 0.3) is 11.1 Å². The molecule has 2 aliphatic rings. The number of sulfonamides is 1. The molecule has 1 aliphatic carbocycles. The molecule has 1 aliphatic heterocycles. The predicted octanol–water partition coefficient (Wildman–Crippen LogP) is 4.94. The van der Waals surface area contributed by atoms with Crippen LogP contribution in [0.3, 0.4) is 0 Å². The molecule has 2 aromatic carbocycles. The quantitative estimate of drug-likeness (QED) is 0.607. The van der Waals surface area contributed by atoms with Gasteiger partial charge in [-0.05, 0) is 86.9 Å². The van der Waals surface area contributed by atoms with Crippen molar-refractivity contribution < 1.29 is 22.7 Å². The zero-order chi connectivity index (χ0) is 25.5. The Labute approximate surface area is 207 Å². The van der Waals surface area contributed by atoms with Gasteiger partial charge in [0.25, 0.3) is 5.91 Å². The SMILES string of the molecule is Cc1cc(-c2cccc(NS(C)(=O)=O)c2)cc2c1C(=O)N(N(CC1CCC1)C(=O)OC(C)(C)C)C2. The highest BCUT2D eigenvalue weighted by Crippen LogP contribution is 2.35. The van der Waals surface area contributed by atoms with Gasteiger partial charge in [0.05, 0.1) is 12.8 Å². The van der Waals surface area contributed by atoms with Gasteiger partial charge >= 0.3 is 6.09 Å². The molecular formula is C26H33N3O5S. The first-order chi connectivity index (χ1) is 16.3. The molecular weight excluding hydrogens is 466 g/mol. The van der Waals surface area contributed by atoms with Crippen molar-refractivity contribution in [2.24, 2.45) is 5.92 Å². The third-order valence-corrected chi connectivity index (χ3v) is 6.84. The first-order valence-electron chi connectivity index (χ1n) is 11.8. The molecule has 2 amide bonds. The van der Waals surface area contributed by atoms with Crippen molar-refractivity contribution in [3.63, 3.8) is 0 Å². The Hall–Kier alpha value is -3.07. The van der Waals surface area contributed by atoms with Crippen molar-refractivity contribution in [1.29, 1.82) is 0 Å². The van der Waals surface area contributed by atoms with Crippen molar-refractivity contribution in [3.8, 4) is 11.1 Å². The Kier molecular flexibility index (Phi) is 6.57. The molecule has 9 heteroatoms. The molecule has 1 heterocycles. The van der Waals surface area contributed by atoms with Crippen LogP contribution in [0.15, 0.2) is 36.4 Å². The maximum absolute atomic E-state index is 13.5. The number of rotatable bonds is 6. The molecule has 0 bridgehead atoms. The van der Waals surface area contributed by atoms with Crippen LogP contribution in [-0.4, -0.2) is 48.8 Å². The lowest BCUT2D eigenvalue weighted by Crippen LogP contribution is -2.51. The lowest BCUT2D eigenvalue weighted by atomic mass is 9.85. The molecule has 0 radical (unpaired) electrons. The zero-order valence-corrected chi connectivity index (χ0v) is 21.7. The van der Waals surface area contributed by atoms with Gasteiger partial charge in [-0.25, -0.2) is 23.2 Å². The van der Waals surface area contributed by atoms with E-state index in [4.69, 9.17) is 4.74 Å². The van der Waals surface area contributed by atoms with Gasteiger partial charge in [-0.3, -0.25) is 9.52 Å². The Balaban J connectivity index is 1.64. The van der Waals surface area contributed by atoms with Crippen molar-refractivity contribution >= 4 is 27.7 Å². The maximum atomic E-state index is 13.5. The van der Waals surface area contributed by atoms with Crippen LogP contribution < -0.4 is 4.72 Å². The average Bonchev–Trinajstić information content (AvgIpc) is 3.01. The zero-order valence-electron chi connectivity index (χ0n) is 20.9. The molecule has 0 saturated heterocycles. The van der Waals surface area contributed by atoms with E-state index in [0.717, 1.165) is 47.8 Å². The molecule has 4 rings (SSSR count). The van der Waals surface area contributed by atoms with Crippen LogP contribution in [0.4, 0.5) is 10.5 Å². The van der Waals surface area contributed by atoms with Crippen LogP contribution in [0.5, 0.6) is 0 Å². The minimum Gasteiger partial charge on any atom is -0.442 e. The minimum atomic E-state index is -3.40. The second-order valence-electron chi connectivity index (χ2n) is 10.5. The first-order valence-corrected chi connectivity index (χ1v) is 13.7. The van der Waals surface area contributed by atoms with Crippen molar-refractivity contribution in [3.05, 3.63) is 53.1 Å². The molecule has 1 saturated carbocycles. The molecule has 0 atom stereocenters. The van der Waals surface area contributed by atoms with E-state index in [1.807, 2.05) is 45.9 Å². The van der Waals surface area contributed by atoms with Crippen LogP contribution in [0.2, 0.25) is 0 Å². The standard InChI is InChI=1S/C26H33N3O5S/c1-17-12-20(19-10-7-11-22(14-19)27-35(5,32)33)13-21-16-28(24(30)23(17)21)29(15-18-8-6-9-18)25(31)34-26(2,3)4/h7,10-14,18,27H,6,8-9,15-16H2,1-5H3. The summed E-state index contributed by atoms with van der Waals surface area (Å²) in [7, 11) is -3.40. The fourth-order valence-electron chi connectivity index (χ4n) is 4.50. The van der Waals surface area contributed by atoms with E-state index in [1.54, 1.807) is 18.2 Å². The van der Waals surface area contributed by atoms with E-state index in [9.17, 15) is 18.0 Å². The van der Waals surface area contributed by atoms with E-state index in [1.165, 1.54) is 10.0 Å². The first kappa shape index (κ1) is 25.0. The molecule has 1 fully saturated rings. The number of nitrogens with zero attached hydrogens (tertiary/aromatic N) is 2. The van der Waals surface area contributed by atoms with E-state index in [-0.39, 0.29) is 12.5 Å². The highest BCUT2D eigenvalue weighted by molar-refractivity contribution is 7.92. The second-order valence-corrected chi connectivity index (χ2v) is 12.3. The molecule has 0 aromatic heterocycles. The molecule has 35 heavy (non-hydrogen) atoms. The molecule has 2 aromatic rings. The summed E-state index contributed by atoms with van der Waals surface area (Å²) in [5, 5.41) is 2.99. The Morgan fingerprint density at radius 1 is 1.17 bits per heavy atom. The van der Waals surface area contributed by atoms with E-state index in [2.05, 4.69) is 4.72 Å². The summed E-state index contributed by atoms with van der Waals surface area (Å²) in [4.78, 5) is 26.6. The van der Waals surface area contributed by atoms with E-state index < -0.39 is 21.7 Å². The average molecular weight is 500 g/mol. The monoisotopic (exact) mass is 499 g/mol. The van der Waals surface area contributed by atoms with Crippen LogP contribution in [0, 0.1) is 12.8 Å². The predicted molar refractivity (Wildman–Crippen MR) is 135 cm³/mol. The number of hydrogen-bond donors (Lipinski definition) is 1. The second kappa shape index (κ2) is 9.18. The summed E-state index contributed by atoms with van der Waals surface area (Å²) in [6, 6.07) is 11.0. The molecule has 1 N–H and O–H groups in total. The molecule has 8 nitrogen and oxygen atoms in total. The third-order valence-electron chi connectivity index (χ3n) is 6.24. The third kappa shape index (κ3) is 5.78. The number of carbonyl (C=O) groups excluding carboxylic acids is 2. The van der Waals surface area contributed by atoms with Crippen molar-refractivity contribution in [2.45, 2.75) is 59.1 Å². The Morgan fingerprint density at radius 3 is 2.49 bits per heavy atom. The van der Waals surface area contributed by atoms with Gasteiger partial charge in [-0.2, -0.15) is 0 Å². The van der Waals surface area contributed by atoms with Gasteiger partial charge < -0.3 is 4.74 Å².